The number of nitrogens with zero attached hydrogens (tertiary/aromatic N) is 1. The topological polar surface area (TPSA) is 85.4 Å². The molecular formula is C16H19N3O4. The minimum absolute atomic E-state index is 0.160. The molecule has 1 amide bonds. The highest BCUT2D eigenvalue weighted by Crippen LogP contribution is 2.32. The van der Waals surface area contributed by atoms with E-state index < -0.39 is 0 Å². The van der Waals surface area contributed by atoms with Crippen LogP contribution < -0.4 is 20.5 Å². The summed E-state index contributed by atoms with van der Waals surface area (Å²) in [5.74, 6) is 1.15. The van der Waals surface area contributed by atoms with Gasteiger partial charge in [0.05, 0.1) is 0 Å². The molecule has 0 aliphatic carbocycles. The number of carbonyl (C=O) groups is 1. The number of anilines is 1. The van der Waals surface area contributed by atoms with Crippen LogP contribution in [0.5, 0.6) is 11.5 Å². The number of imidazole rings is 1. The standard InChI is InChI=1S/C16H19N3O4/c1-10-11(2)19(16(21)17-10)6-5-15(20)18-12-3-4-13-14(9-12)23-8-7-22-13/h3-4,9H,5-8H2,1-2H3,(H,17,21)(H,18,20). The Morgan fingerprint density at radius 1 is 1.26 bits per heavy atom. The van der Waals surface area contributed by atoms with E-state index in [1.807, 2.05) is 13.8 Å². The van der Waals surface area contributed by atoms with Crippen LogP contribution in [-0.2, 0) is 11.3 Å². The van der Waals surface area contributed by atoms with Crippen LogP contribution >= 0.6 is 0 Å². The molecule has 7 nitrogen and oxygen atoms in total. The number of nitrogens with one attached hydrogen (secondary N) is 2. The van der Waals surface area contributed by atoms with Crippen LogP contribution in [0.4, 0.5) is 5.69 Å². The number of hydrogen-bond acceptors (Lipinski definition) is 4. The highest BCUT2D eigenvalue weighted by molar-refractivity contribution is 5.91. The van der Waals surface area contributed by atoms with Crippen molar-refractivity contribution in [3.63, 3.8) is 0 Å². The average molecular weight is 317 g/mol. The second-order valence-corrected chi connectivity index (χ2v) is 5.45. The lowest BCUT2D eigenvalue weighted by Gasteiger charge is -2.19. The first-order valence-electron chi connectivity index (χ1n) is 7.50. The first-order chi connectivity index (χ1) is 11.0. The molecule has 1 aromatic heterocycles. The molecule has 1 aliphatic heterocycles. The SMILES string of the molecule is Cc1[nH]c(=O)n(CCC(=O)Nc2ccc3c(c2)OCCO3)c1C. The molecule has 0 radical (unpaired) electrons. The third-order valence-corrected chi connectivity index (χ3v) is 3.88. The van der Waals surface area contributed by atoms with Crippen LogP contribution in [0.2, 0.25) is 0 Å². The van der Waals surface area contributed by atoms with E-state index in [4.69, 9.17) is 9.47 Å². The van der Waals surface area contributed by atoms with Gasteiger partial charge >= 0.3 is 5.69 Å². The average Bonchev–Trinajstić information content (AvgIpc) is 2.78. The zero-order valence-electron chi connectivity index (χ0n) is 13.1. The van der Waals surface area contributed by atoms with Crippen molar-refractivity contribution in [1.29, 1.82) is 0 Å². The van der Waals surface area contributed by atoms with Crippen molar-refractivity contribution in [2.24, 2.45) is 0 Å². The third-order valence-electron chi connectivity index (χ3n) is 3.88. The predicted molar refractivity (Wildman–Crippen MR) is 85.2 cm³/mol. The Labute approximate surface area is 133 Å². The number of aryl methyl sites for hydroxylation is 1. The van der Waals surface area contributed by atoms with E-state index in [0.29, 0.717) is 36.9 Å². The van der Waals surface area contributed by atoms with Crippen molar-refractivity contribution < 1.29 is 14.3 Å². The summed E-state index contributed by atoms with van der Waals surface area (Å²) in [5.41, 5.74) is 2.13. The molecule has 2 aromatic rings. The Bertz CT molecular complexity index is 791. The zero-order chi connectivity index (χ0) is 16.4. The van der Waals surface area contributed by atoms with Gasteiger partial charge in [-0.2, -0.15) is 0 Å². The Morgan fingerprint density at radius 2 is 2.00 bits per heavy atom. The van der Waals surface area contributed by atoms with Gasteiger partial charge in [-0.05, 0) is 26.0 Å². The van der Waals surface area contributed by atoms with Gasteiger partial charge in [0.15, 0.2) is 11.5 Å². The van der Waals surface area contributed by atoms with Crippen LogP contribution in [0.15, 0.2) is 23.0 Å². The summed E-state index contributed by atoms with van der Waals surface area (Å²) in [6, 6.07) is 5.28. The molecule has 0 spiro atoms. The molecule has 7 heteroatoms. The van der Waals surface area contributed by atoms with E-state index in [0.717, 1.165) is 11.4 Å². The Hall–Kier alpha value is -2.70. The van der Waals surface area contributed by atoms with E-state index >= 15 is 0 Å². The fourth-order valence-electron chi connectivity index (χ4n) is 2.50. The van der Waals surface area contributed by atoms with Crippen molar-refractivity contribution >= 4 is 11.6 Å². The summed E-state index contributed by atoms with van der Waals surface area (Å²) in [6.07, 6.45) is 0.215. The quantitative estimate of drug-likeness (QED) is 0.897. The van der Waals surface area contributed by atoms with Gasteiger partial charge in [0.25, 0.3) is 0 Å². The number of ether oxygens (including phenoxy) is 2. The molecule has 2 N–H and O–H groups in total. The van der Waals surface area contributed by atoms with Gasteiger partial charge in [-0.3, -0.25) is 9.36 Å². The number of hydrogen-bond donors (Lipinski definition) is 2. The maximum absolute atomic E-state index is 12.1. The van der Waals surface area contributed by atoms with E-state index in [-0.39, 0.29) is 18.0 Å². The minimum Gasteiger partial charge on any atom is -0.486 e. The predicted octanol–water partition coefficient (Wildman–Crippen LogP) is 1.59. The Kier molecular flexibility index (Phi) is 4.10. The summed E-state index contributed by atoms with van der Waals surface area (Å²) in [7, 11) is 0. The maximum Gasteiger partial charge on any atom is 0.325 e. The number of aromatic amines is 1. The molecule has 0 saturated heterocycles. The number of rotatable bonds is 4. The largest absolute Gasteiger partial charge is 0.486 e. The second-order valence-electron chi connectivity index (χ2n) is 5.45. The molecule has 0 bridgehead atoms. The van der Waals surface area contributed by atoms with Crippen molar-refractivity contribution in [1.82, 2.24) is 9.55 Å². The van der Waals surface area contributed by atoms with Crippen molar-refractivity contribution in [3.05, 3.63) is 40.1 Å². The van der Waals surface area contributed by atoms with Crippen LogP contribution in [0, 0.1) is 13.8 Å². The number of aromatic nitrogens is 2. The fourth-order valence-corrected chi connectivity index (χ4v) is 2.50. The fraction of sp³-hybridized carbons (Fsp3) is 0.375. The van der Waals surface area contributed by atoms with E-state index in [1.165, 1.54) is 0 Å². The number of benzene rings is 1. The Balaban J connectivity index is 1.62. The molecule has 2 heterocycles. The molecule has 3 rings (SSSR count). The van der Waals surface area contributed by atoms with Gasteiger partial charge in [0, 0.05) is 36.1 Å². The Morgan fingerprint density at radius 3 is 2.70 bits per heavy atom. The smallest absolute Gasteiger partial charge is 0.325 e. The van der Waals surface area contributed by atoms with Crippen LogP contribution in [0.25, 0.3) is 0 Å². The molecule has 1 aliphatic rings. The summed E-state index contributed by atoms with van der Waals surface area (Å²) in [6.45, 7) is 5.06. The number of amides is 1. The molecule has 122 valence electrons. The van der Waals surface area contributed by atoms with Gasteiger partial charge in [0.2, 0.25) is 5.91 Å². The first kappa shape index (κ1) is 15.2. The molecule has 0 saturated carbocycles. The third kappa shape index (κ3) is 3.23. The molecule has 0 fully saturated rings. The second kappa shape index (κ2) is 6.20. The van der Waals surface area contributed by atoms with Crippen molar-refractivity contribution in [2.45, 2.75) is 26.8 Å². The van der Waals surface area contributed by atoms with E-state index in [1.54, 1.807) is 22.8 Å². The lowest BCUT2D eigenvalue weighted by atomic mass is 10.2. The number of H-pyrrole nitrogens is 1. The first-order valence-corrected chi connectivity index (χ1v) is 7.50. The molecular weight excluding hydrogens is 298 g/mol. The van der Waals surface area contributed by atoms with Crippen molar-refractivity contribution in [3.8, 4) is 11.5 Å². The van der Waals surface area contributed by atoms with Gasteiger partial charge in [-0.25, -0.2) is 4.79 Å². The normalized spacial score (nSPS) is 13.0. The monoisotopic (exact) mass is 317 g/mol. The summed E-state index contributed by atoms with van der Waals surface area (Å²) in [4.78, 5) is 26.5. The summed E-state index contributed by atoms with van der Waals surface area (Å²) >= 11 is 0. The van der Waals surface area contributed by atoms with Crippen LogP contribution in [0.1, 0.15) is 17.8 Å². The van der Waals surface area contributed by atoms with Gasteiger partial charge in [0.1, 0.15) is 13.2 Å². The molecule has 1 aromatic carbocycles. The van der Waals surface area contributed by atoms with Crippen LogP contribution in [-0.4, -0.2) is 28.7 Å². The lowest BCUT2D eigenvalue weighted by Crippen LogP contribution is -2.22. The highest BCUT2D eigenvalue weighted by atomic mass is 16.6. The lowest BCUT2D eigenvalue weighted by molar-refractivity contribution is -0.116. The van der Waals surface area contributed by atoms with Gasteiger partial charge in [-0.1, -0.05) is 0 Å². The van der Waals surface area contributed by atoms with E-state index in [9.17, 15) is 9.59 Å². The summed E-state index contributed by atoms with van der Waals surface area (Å²) < 4.78 is 12.5. The van der Waals surface area contributed by atoms with Crippen LogP contribution in [0.3, 0.4) is 0 Å². The molecule has 23 heavy (non-hydrogen) atoms. The molecule has 0 atom stereocenters. The highest BCUT2D eigenvalue weighted by Gasteiger charge is 2.13. The maximum atomic E-state index is 12.1. The number of fused-ring (bicyclic) bond motifs is 1. The van der Waals surface area contributed by atoms with Gasteiger partial charge in [-0.15, -0.1) is 0 Å². The minimum atomic E-state index is -0.188. The van der Waals surface area contributed by atoms with Crippen molar-refractivity contribution in [2.75, 3.05) is 18.5 Å². The molecule has 0 unspecified atom stereocenters. The zero-order valence-corrected chi connectivity index (χ0v) is 13.1. The summed E-state index contributed by atoms with van der Waals surface area (Å²) in [5, 5.41) is 2.81. The van der Waals surface area contributed by atoms with E-state index in [2.05, 4.69) is 10.3 Å². The van der Waals surface area contributed by atoms with Gasteiger partial charge < -0.3 is 19.8 Å². The number of carbonyl (C=O) groups excluding carboxylic acids is 1.